The van der Waals surface area contributed by atoms with E-state index in [4.69, 9.17) is 0 Å². The molecule has 3 fully saturated rings. The van der Waals surface area contributed by atoms with Gasteiger partial charge in [0.05, 0.1) is 5.92 Å². The van der Waals surface area contributed by atoms with Gasteiger partial charge in [0.1, 0.15) is 0 Å². The van der Waals surface area contributed by atoms with Crippen LogP contribution in [0.25, 0.3) is 0 Å². The number of fused-ring (bicyclic) bond motifs is 5. The summed E-state index contributed by atoms with van der Waals surface area (Å²) >= 11 is 0. The smallest absolute Gasteiger partial charge is 0.307 e. The van der Waals surface area contributed by atoms with Gasteiger partial charge in [-0.25, -0.2) is 0 Å². The Morgan fingerprint density at radius 2 is 1.88 bits per heavy atom. The highest BCUT2D eigenvalue weighted by molar-refractivity contribution is 5.91. The molecule has 5 nitrogen and oxygen atoms in total. The predicted molar refractivity (Wildman–Crippen MR) is 90.4 cm³/mol. The Morgan fingerprint density at radius 3 is 2.56 bits per heavy atom. The average Bonchev–Trinajstić information content (AvgIpc) is 2.96. The maximum Gasteiger partial charge on any atom is 0.307 e. The van der Waals surface area contributed by atoms with Gasteiger partial charge in [-0.15, -0.1) is 0 Å². The van der Waals surface area contributed by atoms with Gasteiger partial charge < -0.3 is 15.3 Å². The normalized spacial score (nSPS) is 46.2. The number of carboxylic acid groups (broad SMARTS) is 1. The number of carboxylic acids is 1. The van der Waals surface area contributed by atoms with Gasteiger partial charge in [0, 0.05) is 11.8 Å². The van der Waals surface area contributed by atoms with Crippen molar-refractivity contribution in [3.8, 4) is 0 Å². The molecule has 4 aliphatic rings. The molecule has 0 aliphatic heterocycles. The fourth-order valence-corrected chi connectivity index (χ4v) is 7.14. The summed E-state index contributed by atoms with van der Waals surface area (Å²) in [5.41, 5.74) is 0.398. The number of hydrogen-bond donors (Lipinski definition) is 3. The zero-order chi connectivity index (χ0) is 18.0. The number of aliphatic carboxylic acids is 1. The number of hydrogen-bond acceptors (Lipinski definition) is 4. The van der Waals surface area contributed by atoms with E-state index in [1.165, 1.54) is 5.57 Å². The van der Waals surface area contributed by atoms with Crippen molar-refractivity contribution >= 4 is 11.8 Å². The van der Waals surface area contributed by atoms with Crippen LogP contribution in [0.3, 0.4) is 0 Å². The largest absolute Gasteiger partial charge is 0.481 e. The minimum atomic E-state index is -1.57. The molecule has 0 unspecified atom stereocenters. The van der Waals surface area contributed by atoms with E-state index >= 15 is 0 Å². The lowest BCUT2D eigenvalue weighted by molar-refractivity contribution is -0.211. The van der Waals surface area contributed by atoms with Crippen LogP contribution in [0.15, 0.2) is 11.6 Å². The van der Waals surface area contributed by atoms with Crippen molar-refractivity contribution in [2.75, 3.05) is 0 Å². The second-order valence-corrected chi connectivity index (χ2v) is 8.96. The van der Waals surface area contributed by atoms with Crippen LogP contribution in [0.5, 0.6) is 0 Å². The van der Waals surface area contributed by atoms with Gasteiger partial charge in [-0.05, 0) is 74.2 Å². The maximum atomic E-state index is 11.9. The van der Waals surface area contributed by atoms with Crippen LogP contribution in [0.1, 0.15) is 58.3 Å². The lowest BCUT2D eigenvalue weighted by Gasteiger charge is -2.58. The second-order valence-electron chi connectivity index (χ2n) is 8.96. The summed E-state index contributed by atoms with van der Waals surface area (Å²) in [5, 5.41) is 30.1. The molecule has 4 rings (SSSR count). The average molecular weight is 348 g/mol. The molecule has 0 bridgehead atoms. The SMILES string of the molecule is C[C@]12CCC(=O)C=C1CC[C@H]1[C@@H]3CC[C@H](C(=O)O)[C@@]3(C(O)O)CC[C@@H]12. The van der Waals surface area contributed by atoms with Crippen LogP contribution >= 0.6 is 0 Å². The third kappa shape index (κ3) is 2.21. The molecular formula is C20H28O5. The molecule has 138 valence electrons. The molecule has 4 aliphatic carbocycles. The van der Waals surface area contributed by atoms with Crippen LogP contribution in [0.2, 0.25) is 0 Å². The van der Waals surface area contributed by atoms with Gasteiger partial charge in [-0.1, -0.05) is 12.5 Å². The summed E-state index contributed by atoms with van der Waals surface area (Å²) in [5.74, 6) is -0.506. The Bertz CT molecular complexity index is 638. The summed E-state index contributed by atoms with van der Waals surface area (Å²) in [6.45, 7) is 2.27. The highest BCUT2D eigenvalue weighted by atomic mass is 16.5. The van der Waals surface area contributed by atoms with Gasteiger partial charge in [-0.3, -0.25) is 9.59 Å². The van der Waals surface area contributed by atoms with Gasteiger partial charge >= 0.3 is 5.97 Å². The Balaban J connectivity index is 1.71. The summed E-state index contributed by atoms with van der Waals surface area (Å²) in [6, 6.07) is 0. The number of carbonyl (C=O) groups excluding carboxylic acids is 1. The molecule has 0 amide bonds. The highest BCUT2D eigenvalue weighted by Crippen LogP contribution is 2.67. The minimum Gasteiger partial charge on any atom is -0.481 e. The fourth-order valence-electron chi connectivity index (χ4n) is 7.14. The molecule has 3 N–H and O–H groups in total. The van der Waals surface area contributed by atoms with E-state index < -0.39 is 23.6 Å². The van der Waals surface area contributed by atoms with Gasteiger partial charge in [0.25, 0.3) is 0 Å². The van der Waals surface area contributed by atoms with E-state index in [2.05, 4.69) is 6.92 Å². The number of allylic oxidation sites excluding steroid dienone is 1. The maximum absolute atomic E-state index is 11.9. The third-order valence-corrected chi connectivity index (χ3v) is 8.33. The first kappa shape index (κ1) is 17.2. The summed E-state index contributed by atoms with van der Waals surface area (Å²) in [4.78, 5) is 23.6. The van der Waals surface area contributed by atoms with Gasteiger partial charge in [-0.2, -0.15) is 0 Å². The van der Waals surface area contributed by atoms with Crippen molar-refractivity contribution in [1.29, 1.82) is 0 Å². The lowest BCUT2D eigenvalue weighted by atomic mass is 9.46. The van der Waals surface area contributed by atoms with E-state index in [0.29, 0.717) is 31.1 Å². The zero-order valence-corrected chi connectivity index (χ0v) is 14.8. The molecule has 0 aromatic heterocycles. The third-order valence-electron chi connectivity index (χ3n) is 8.33. The Morgan fingerprint density at radius 1 is 1.12 bits per heavy atom. The topological polar surface area (TPSA) is 94.8 Å². The minimum absolute atomic E-state index is 0.0186. The number of rotatable bonds is 2. The summed E-state index contributed by atoms with van der Waals surface area (Å²) in [7, 11) is 0. The number of ketones is 1. The van der Waals surface area contributed by atoms with E-state index in [1.807, 2.05) is 6.08 Å². The first-order chi connectivity index (χ1) is 11.8. The molecule has 6 atom stereocenters. The van der Waals surface area contributed by atoms with Crippen molar-refractivity contribution in [2.24, 2.45) is 34.5 Å². The predicted octanol–water partition coefficient (Wildman–Crippen LogP) is 2.51. The van der Waals surface area contributed by atoms with Crippen molar-refractivity contribution in [2.45, 2.75) is 64.6 Å². The Kier molecular flexibility index (Phi) is 3.89. The van der Waals surface area contributed by atoms with Crippen LogP contribution in [-0.2, 0) is 9.59 Å². The van der Waals surface area contributed by atoms with Crippen molar-refractivity contribution in [3.63, 3.8) is 0 Å². The van der Waals surface area contributed by atoms with E-state index in [-0.39, 0.29) is 17.1 Å². The van der Waals surface area contributed by atoms with E-state index in [9.17, 15) is 24.9 Å². The Labute approximate surface area is 148 Å². The molecule has 0 saturated heterocycles. The van der Waals surface area contributed by atoms with Crippen molar-refractivity contribution < 1.29 is 24.9 Å². The first-order valence-corrected chi connectivity index (χ1v) is 9.63. The molecule has 0 spiro atoms. The zero-order valence-electron chi connectivity index (χ0n) is 14.8. The number of carbonyl (C=O) groups is 2. The second kappa shape index (κ2) is 5.65. The van der Waals surface area contributed by atoms with E-state index in [0.717, 1.165) is 32.1 Å². The summed E-state index contributed by atoms with van der Waals surface area (Å²) in [6.07, 6.45) is 6.27. The standard InChI is InChI=1S/C20H28O5/c1-19-8-6-12(21)10-11(19)2-3-13-14(19)7-9-20(18(24)25)15(13)4-5-16(20)17(22)23/h10,13-16,18,24-25H,2-9H2,1H3,(H,22,23)/t13-,14+,15+,16-,19+,20-/m1/s1. The summed E-state index contributed by atoms with van der Waals surface area (Å²) < 4.78 is 0. The first-order valence-electron chi connectivity index (χ1n) is 9.63. The van der Waals surface area contributed by atoms with E-state index in [1.54, 1.807) is 0 Å². The molecular weight excluding hydrogens is 320 g/mol. The Hall–Kier alpha value is -1.20. The monoisotopic (exact) mass is 348 g/mol. The molecule has 3 saturated carbocycles. The molecule has 25 heavy (non-hydrogen) atoms. The molecule has 0 aromatic carbocycles. The molecule has 0 heterocycles. The fraction of sp³-hybridized carbons (Fsp3) is 0.800. The molecule has 0 radical (unpaired) electrons. The van der Waals surface area contributed by atoms with Crippen LogP contribution in [0, 0.1) is 34.5 Å². The quantitative estimate of drug-likeness (QED) is 0.667. The van der Waals surface area contributed by atoms with Gasteiger partial charge in [0.2, 0.25) is 0 Å². The number of aliphatic hydroxyl groups is 2. The van der Waals surface area contributed by atoms with Crippen LogP contribution in [-0.4, -0.2) is 33.4 Å². The highest BCUT2D eigenvalue weighted by Gasteiger charge is 2.64. The lowest BCUT2D eigenvalue weighted by Crippen LogP contribution is -2.56. The van der Waals surface area contributed by atoms with Crippen LogP contribution < -0.4 is 0 Å². The molecule has 0 aromatic rings. The molecule has 5 heteroatoms. The number of aliphatic hydroxyl groups excluding tert-OH is 1. The van der Waals surface area contributed by atoms with Gasteiger partial charge in [0.15, 0.2) is 12.1 Å². The van der Waals surface area contributed by atoms with Crippen LogP contribution in [0.4, 0.5) is 0 Å². The van der Waals surface area contributed by atoms with Crippen molar-refractivity contribution in [1.82, 2.24) is 0 Å². The van der Waals surface area contributed by atoms with Crippen molar-refractivity contribution in [3.05, 3.63) is 11.6 Å².